The van der Waals surface area contributed by atoms with E-state index in [1.165, 1.54) is 0 Å². The molecule has 0 radical (unpaired) electrons. The van der Waals surface area contributed by atoms with Crippen molar-refractivity contribution in [3.05, 3.63) is 0 Å². The van der Waals surface area contributed by atoms with Crippen molar-refractivity contribution in [3.63, 3.8) is 0 Å². The largest absolute Gasteiger partial charge is 1.00 e. The van der Waals surface area contributed by atoms with Crippen LogP contribution >= 0.6 is 26.1 Å². The monoisotopic (exact) mass is 264 g/mol. The molecular formula is H6Na3O6P3. The van der Waals surface area contributed by atoms with Crippen molar-refractivity contribution in [2.45, 2.75) is 0 Å². The summed E-state index contributed by atoms with van der Waals surface area (Å²) >= 11 is 0. The molecule has 3 atom stereocenters. The molecule has 0 amide bonds. The van der Waals surface area contributed by atoms with E-state index >= 15 is 0 Å². The van der Waals surface area contributed by atoms with Gasteiger partial charge in [0.15, 0.2) is 0 Å². The average Bonchev–Trinajstić information content (AvgIpc) is 1.70. The summed E-state index contributed by atoms with van der Waals surface area (Å²) in [6, 6.07) is 0. The van der Waals surface area contributed by atoms with Gasteiger partial charge in [-0.25, -0.2) is 0 Å². The van der Waals surface area contributed by atoms with Gasteiger partial charge in [-0.2, -0.15) is 0 Å². The van der Waals surface area contributed by atoms with Crippen molar-refractivity contribution in [1.82, 2.24) is 0 Å². The normalized spacial score (nSPS) is 7.25. The first kappa shape index (κ1) is 36.1. The second-order valence-corrected chi connectivity index (χ2v) is 0.866. The van der Waals surface area contributed by atoms with Crippen LogP contribution in [0.2, 0.25) is 0 Å². The number of hydrogen-bond donors (Lipinski definition) is 0. The molecule has 0 bridgehead atoms. The molecule has 0 saturated carbocycles. The van der Waals surface area contributed by atoms with Gasteiger partial charge in [-0.3, -0.25) is 0 Å². The third-order valence-electron chi connectivity index (χ3n) is 0. The Morgan fingerprint density at radius 2 is 0.583 bits per heavy atom. The second kappa shape index (κ2) is 62.2. The molecule has 0 rings (SSSR count). The third kappa shape index (κ3) is 168. The van der Waals surface area contributed by atoms with Gasteiger partial charge in [0.05, 0.1) is 0 Å². The zero-order chi connectivity index (χ0) is 8.12. The Kier molecular flexibility index (Phi) is 187. The smallest absolute Gasteiger partial charge is 0.804 e. The van der Waals surface area contributed by atoms with Crippen LogP contribution in [0.5, 0.6) is 0 Å². The molecule has 0 heterocycles. The Morgan fingerprint density at radius 1 is 0.583 bits per heavy atom. The van der Waals surface area contributed by atoms with Crippen LogP contribution in [0.3, 0.4) is 0 Å². The molecule has 0 aromatic rings. The van der Waals surface area contributed by atoms with Crippen molar-refractivity contribution in [2.24, 2.45) is 0 Å². The molecule has 0 N–H and O–H groups in total. The van der Waals surface area contributed by atoms with Crippen LogP contribution in [0.4, 0.5) is 0 Å². The standard InChI is InChI=1S/3Na.3H3O2P/c;;;3*1-3-2/h;;;3*3H2,(H,1,2)/q3*+1;;;/p-3. The van der Waals surface area contributed by atoms with Gasteiger partial charge in [0.25, 0.3) is 0 Å². The minimum Gasteiger partial charge on any atom is -0.804 e. The summed E-state index contributed by atoms with van der Waals surface area (Å²) in [5.74, 6) is 0. The molecule has 0 fully saturated rings. The molecule has 3 unspecified atom stereocenters. The van der Waals surface area contributed by atoms with E-state index in [1.54, 1.807) is 0 Å². The van der Waals surface area contributed by atoms with Gasteiger partial charge in [-0.15, -0.1) is 0 Å². The molecule has 60 valence electrons. The van der Waals surface area contributed by atoms with Crippen LogP contribution in [-0.4, -0.2) is 0 Å². The van der Waals surface area contributed by atoms with Gasteiger partial charge in [0.2, 0.25) is 0 Å². The Balaban J connectivity index is -0.00000001000. The summed E-state index contributed by atoms with van der Waals surface area (Å²) in [7, 11) is -5.25. The van der Waals surface area contributed by atoms with Gasteiger partial charge >= 0.3 is 88.7 Å². The van der Waals surface area contributed by atoms with Crippen LogP contribution in [0.1, 0.15) is 0 Å². The molecule has 0 aromatic heterocycles. The Morgan fingerprint density at radius 3 is 0.583 bits per heavy atom. The van der Waals surface area contributed by atoms with E-state index in [2.05, 4.69) is 0 Å². The number of rotatable bonds is 0. The molecule has 0 spiro atoms. The molecule has 0 aromatic carbocycles. The average molecular weight is 264 g/mol. The number of hydrogen-bond acceptors (Lipinski definition) is 6. The van der Waals surface area contributed by atoms with E-state index in [4.69, 9.17) is 28.4 Å². The van der Waals surface area contributed by atoms with E-state index in [1.807, 2.05) is 0 Å². The Hall–Kier alpha value is 3.57. The molecule has 12 heteroatoms. The van der Waals surface area contributed by atoms with Crippen molar-refractivity contribution < 1.29 is 117 Å². The van der Waals surface area contributed by atoms with E-state index in [-0.39, 0.29) is 88.7 Å². The summed E-state index contributed by atoms with van der Waals surface area (Å²) in [6.45, 7) is 0. The first-order valence-corrected chi connectivity index (χ1v) is 4.24. The Bertz CT molecular complexity index is 54.8. The fourth-order valence-corrected chi connectivity index (χ4v) is 0. The summed E-state index contributed by atoms with van der Waals surface area (Å²) in [5.41, 5.74) is 0. The van der Waals surface area contributed by atoms with Crippen molar-refractivity contribution in [1.29, 1.82) is 0 Å². The van der Waals surface area contributed by atoms with Crippen LogP contribution in [0, 0.1) is 0 Å². The maximum absolute atomic E-state index is 8.46. The summed E-state index contributed by atoms with van der Waals surface area (Å²) < 4.78 is 25.4. The topological polar surface area (TPSA) is 120 Å². The molecular weight excluding hydrogens is 258 g/mol. The van der Waals surface area contributed by atoms with E-state index in [9.17, 15) is 0 Å². The van der Waals surface area contributed by atoms with Gasteiger partial charge in [-0.1, -0.05) is 0 Å². The van der Waals surface area contributed by atoms with Gasteiger partial charge in [0, 0.05) is 0 Å². The van der Waals surface area contributed by atoms with E-state index < -0.39 is 26.1 Å². The quantitative estimate of drug-likeness (QED) is 0.316. The van der Waals surface area contributed by atoms with Gasteiger partial charge in [-0.05, 0) is 26.1 Å². The molecule has 12 heavy (non-hydrogen) atoms. The molecule has 0 saturated heterocycles. The van der Waals surface area contributed by atoms with Gasteiger partial charge < -0.3 is 28.4 Å². The van der Waals surface area contributed by atoms with Crippen molar-refractivity contribution in [2.75, 3.05) is 0 Å². The predicted molar refractivity (Wildman–Crippen MR) is 31.2 cm³/mol. The molecule has 0 aliphatic heterocycles. The fraction of sp³-hybridized carbons (Fsp3) is 0. The molecule has 0 aliphatic rings. The zero-order valence-electron chi connectivity index (χ0n) is 7.18. The van der Waals surface area contributed by atoms with Gasteiger partial charge in [0.1, 0.15) is 0 Å². The van der Waals surface area contributed by atoms with Crippen molar-refractivity contribution >= 4 is 26.1 Å². The first-order chi connectivity index (χ1) is 4.24. The van der Waals surface area contributed by atoms with E-state index in [0.29, 0.717) is 0 Å². The SMILES string of the molecule is O=[PH2][O-].O=[PH2][O-].O=[PH2][O-].[Na+].[Na+].[Na+]. The zero-order valence-corrected chi connectivity index (χ0v) is 16.6. The summed E-state index contributed by atoms with van der Waals surface area (Å²) in [4.78, 5) is 25.4. The predicted octanol–water partition coefficient (Wildman–Crippen LogP) is -11.9. The summed E-state index contributed by atoms with van der Waals surface area (Å²) in [5, 5.41) is 0. The minimum absolute atomic E-state index is 0. The first-order valence-electron chi connectivity index (χ1n) is 1.41. The maximum Gasteiger partial charge on any atom is 1.00 e. The summed E-state index contributed by atoms with van der Waals surface area (Å²) in [6.07, 6.45) is 0. The van der Waals surface area contributed by atoms with Crippen LogP contribution in [0.15, 0.2) is 0 Å². The van der Waals surface area contributed by atoms with Crippen LogP contribution in [-0.2, 0) is 13.7 Å². The molecule has 6 nitrogen and oxygen atoms in total. The Labute approximate surface area is 141 Å². The maximum atomic E-state index is 8.46. The third-order valence-corrected chi connectivity index (χ3v) is 0. The fourth-order valence-electron chi connectivity index (χ4n) is 0. The molecule has 0 aliphatic carbocycles. The van der Waals surface area contributed by atoms with Crippen LogP contribution in [0.25, 0.3) is 0 Å². The minimum atomic E-state index is -1.75. The van der Waals surface area contributed by atoms with E-state index in [0.717, 1.165) is 0 Å². The second-order valence-electron chi connectivity index (χ2n) is 0.289. The van der Waals surface area contributed by atoms with Crippen LogP contribution < -0.4 is 103 Å². The van der Waals surface area contributed by atoms with Crippen molar-refractivity contribution in [3.8, 4) is 0 Å².